The van der Waals surface area contributed by atoms with Crippen molar-refractivity contribution in [3.63, 3.8) is 0 Å². The minimum Gasteiger partial charge on any atom is -0.454 e. The van der Waals surface area contributed by atoms with Gasteiger partial charge >= 0.3 is 0 Å². The monoisotopic (exact) mass is 277 g/mol. The first-order valence-corrected chi connectivity index (χ1v) is 6.80. The first-order chi connectivity index (χ1) is 9.24. The van der Waals surface area contributed by atoms with Crippen LogP contribution in [0.5, 0.6) is 11.5 Å². The fourth-order valence-corrected chi connectivity index (χ4v) is 2.48. The molecule has 19 heavy (non-hydrogen) atoms. The van der Waals surface area contributed by atoms with Crippen molar-refractivity contribution in [2.24, 2.45) is 0 Å². The van der Waals surface area contributed by atoms with Crippen LogP contribution in [0.25, 0.3) is 0 Å². The van der Waals surface area contributed by atoms with Gasteiger partial charge < -0.3 is 10.1 Å². The van der Waals surface area contributed by atoms with Crippen molar-refractivity contribution in [1.82, 2.24) is 15.1 Å². The summed E-state index contributed by atoms with van der Waals surface area (Å²) in [6.07, 6.45) is 2.89. The largest absolute Gasteiger partial charge is 0.454 e. The molecule has 3 rings (SSSR count). The second kappa shape index (κ2) is 5.23. The normalized spacial score (nSPS) is 18.7. The van der Waals surface area contributed by atoms with Gasteiger partial charge in [0.05, 0.1) is 17.9 Å². The number of rotatable bonds is 3. The highest BCUT2D eigenvalue weighted by molar-refractivity contribution is 6.30. The van der Waals surface area contributed by atoms with Crippen LogP contribution in [0.3, 0.4) is 0 Å². The molecule has 0 aliphatic carbocycles. The van der Waals surface area contributed by atoms with E-state index in [0.717, 1.165) is 36.7 Å². The van der Waals surface area contributed by atoms with E-state index in [1.807, 2.05) is 35.9 Å². The number of nitrogens with one attached hydrogen (secondary N) is 1. The summed E-state index contributed by atoms with van der Waals surface area (Å²) in [4.78, 5) is 0. The Kier molecular flexibility index (Phi) is 3.44. The van der Waals surface area contributed by atoms with Gasteiger partial charge in [-0.15, -0.1) is 0 Å². The minimum atomic E-state index is 0.433. The quantitative estimate of drug-likeness (QED) is 0.937. The molecule has 0 amide bonds. The maximum Gasteiger partial charge on any atom is 0.168 e. The van der Waals surface area contributed by atoms with Crippen LogP contribution in [0.2, 0.25) is 5.02 Å². The molecule has 0 bridgehead atoms. The highest BCUT2D eigenvalue weighted by Crippen LogP contribution is 2.28. The van der Waals surface area contributed by atoms with Gasteiger partial charge in [-0.05, 0) is 44.2 Å². The van der Waals surface area contributed by atoms with E-state index >= 15 is 0 Å². The summed E-state index contributed by atoms with van der Waals surface area (Å²) in [5.74, 6) is 1.57. The zero-order chi connectivity index (χ0) is 13.2. The third kappa shape index (κ3) is 2.60. The summed E-state index contributed by atoms with van der Waals surface area (Å²) in [5, 5.41) is 8.49. The molecule has 2 aromatic rings. The maximum atomic E-state index is 5.86. The molecule has 1 aromatic heterocycles. The molecule has 1 atom stereocenters. The minimum absolute atomic E-state index is 0.433. The summed E-state index contributed by atoms with van der Waals surface area (Å²) in [5.41, 5.74) is 1.06. The average molecular weight is 278 g/mol. The van der Waals surface area contributed by atoms with Gasteiger partial charge in [0.15, 0.2) is 5.75 Å². The Balaban J connectivity index is 1.80. The van der Waals surface area contributed by atoms with Crippen molar-refractivity contribution < 1.29 is 4.74 Å². The van der Waals surface area contributed by atoms with Crippen LogP contribution in [-0.2, 0) is 0 Å². The summed E-state index contributed by atoms with van der Waals surface area (Å²) >= 11 is 5.86. The fourth-order valence-electron chi connectivity index (χ4n) is 2.35. The topological polar surface area (TPSA) is 39.1 Å². The molecular formula is C14H16ClN3O. The van der Waals surface area contributed by atoms with E-state index in [-0.39, 0.29) is 0 Å². The zero-order valence-electron chi connectivity index (χ0n) is 10.8. The second-order valence-electron chi connectivity index (χ2n) is 4.74. The number of benzene rings is 1. The van der Waals surface area contributed by atoms with Gasteiger partial charge in [-0.1, -0.05) is 11.6 Å². The summed E-state index contributed by atoms with van der Waals surface area (Å²) in [6, 6.07) is 7.78. The van der Waals surface area contributed by atoms with Gasteiger partial charge in [-0.3, -0.25) is 4.68 Å². The molecule has 1 saturated heterocycles. The molecule has 1 N–H and O–H groups in total. The Morgan fingerprint density at radius 2 is 2.16 bits per heavy atom. The van der Waals surface area contributed by atoms with Crippen molar-refractivity contribution in [2.45, 2.75) is 19.4 Å². The van der Waals surface area contributed by atoms with Crippen LogP contribution in [0.4, 0.5) is 0 Å². The van der Waals surface area contributed by atoms with Crippen LogP contribution in [-0.4, -0.2) is 22.9 Å². The van der Waals surface area contributed by atoms with E-state index in [9.17, 15) is 0 Å². The molecule has 100 valence electrons. The lowest BCUT2D eigenvalue weighted by Crippen LogP contribution is -2.15. The Labute approximate surface area is 117 Å². The molecule has 4 nitrogen and oxygen atoms in total. The zero-order valence-corrected chi connectivity index (χ0v) is 11.5. The first-order valence-electron chi connectivity index (χ1n) is 6.42. The molecule has 1 aliphatic heterocycles. The predicted molar refractivity (Wildman–Crippen MR) is 75.0 cm³/mol. The van der Waals surface area contributed by atoms with Crippen molar-refractivity contribution in [2.75, 3.05) is 13.1 Å². The van der Waals surface area contributed by atoms with Gasteiger partial charge in [0, 0.05) is 11.6 Å². The number of hydrogen-bond acceptors (Lipinski definition) is 3. The number of ether oxygens (including phenoxy) is 1. The van der Waals surface area contributed by atoms with Crippen molar-refractivity contribution in [1.29, 1.82) is 0 Å². The number of halogens is 1. The Morgan fingerprint density at radius 1 is 1.37 bits per heavy atom. The summed E-state index contributed by atoms with van der Waals surface area (Å²) in [6.45, 7) is 4.07. The summed E-state index contributed by atoms with van der Waals surface area (Å²) in [7, 11) is 0. The molecule has 2 heterocycles. The molecule has 0 saturated carbocycles. The van der Waals surface area contributed by atoms with Gasteiger partial charge in [0.2, 0.25) is 0 Å². The summed E-state index contributed by atoms with van der Waals surface area (Å²) < 4.78 is 7.89. The van der Waals surface area contributed by atoms with Crippen molar-refractivity contribution in [3.05, 3.63) is 41.2 Å². The van der Waals surface area contributed by atoms with Gasteiger partial charge in [0.25, 0.3) is 0 Å². The van der Waals surface area contributed by atoms with Crippen LogP contribution >= 0.6 is 11.6 Å². The Hall–Kier alpha value is -1.52. The first kappa shape index (κ1) is 12.5. The highest BCUT2D eigenvalue weighted by Gasteiger charge is 2.20. The van der Waals surface area contributed by atoms with E-state index in [1.54, 1.807) is 6.20 Å². The van der Waals surface area contributed by atoms with E-state index in [1.165, 1.54) is 0 Å². The fraction of sp³-hybridized carbons (Fsp3) is 0.357. The average Bonchev–Trinajstić information content (AvgIpc) is 3.03. The van der Waals surface area contributed by atoms with E-state index in [4.69, 9.17) is 16.3 Å². The molecule has 1 aliphatic rings. The lowest BCUT2D eigenvalue weighted by molar-refractivity contribution is 0.457. The maximum absolute atomic E-state index is 5.86. The van der Waals surface area contributed by atoms with E-state index < -0.39 is 0 Å². The molecule has 0 radical (unpaired) electrons. The van der Waals surface area contributed by atoms with Gasteiger partial charge in [-0.25, -0.2) is 0 Å². The van der Waals surface area contributed by atoms with E-state index in [2.05, 4.69) is 10.4 Å². The Morgan fingerprint density at radius 3 is 2.84 bits per heavy atom. The highest BCUT2D eigenvalue weighted by atomic mass is 35.5. The number of nitrogens with zero attached hydrogens (tertiary/aromatic N) is 2. The molecule has 5 heteroatoms. The van der Waals surface area contributed by atoms with Crippen LogP contribution in [0, 0.1) is 6.92 Å². The van der Waals surface area contributed by atoms with Crippen LogP contribution in [0.15, 0.2) is 30.5 Å². The SMILES string of the molecule is Cc1c(Oc2ccc(Cl)cc2)cnn1C1CCNC1. The molecule has 1 unspecified atom stereocenters. The van der Waals surface area contributed by atoms with Crippen LogP contribution in [0.1, 0.15) is 18.2 Å². The number of aromatic nitrogens is 2. The smallest absolute Gasteiger partial charge is 0.168 e. The lowest BCUT2D eigenvalue weighted by atomic mass is 10.2. The van der Waals surface area contributed by atoms with Crippen molar-refractivity contribution in [3.8, 4) is 11.5 Å². The van der Waals surface area contributed by atoms with E-state index in [0.29, 0.717) is 11.1 Å². The van der Waals surface area contributed by atoms with Crippen molar-refractivity contribution >= 4 is 11.6 Å². The number of hydrogen-bond donors (Lipinski definition) is 1. The molecule has 1 fully saturated rings. The third-order valence-electron chi connectivity index (χ3n) is 3.42. The van der Waals surface area contributed by atoms with Gasteiger partial charge in [-0.2, -0.15) is 5.10 Å². The molecular weight excluding hydrogens is 262 g/mol. The van der Waals surface area contributed by atoms with Gasteiger partial charge in [0.1, 0.15) is 5.75 Å². The second-order valence-corrected chi connectivity index (χ2v) is 5.18. The standard InChI is InChI=1S/C14H16ClN3O/c1-10-14(19-13-4-2-11(15)3-5-13)9-17-18(10)12-6-7-16-8-12/h2-5,9,12,16H,6-8H2,1H3. The van der Waals surface area contributed by atoms with Crippen LogP contribution < -0.4 is 10.1 Å². The molecule has 1 aromatic carbocycles. The molecule has 0 spiro atoms. The lowest BCUT2D eigenvalue weighted by Gasteiger charge is -2.12. The Bertz CT molecular complexity index is 559. The predicted octanol–water partition coefficient (Wildman–Crippen LogP) is 3.17. The third-order valence-corrected chi connectivity index (χ3v) is 3.67.